The molecular weight excluding hydrogens is 290 g/mol. The van der Waals surface area contributed by atoms with Crippen molar-refractivity contribution in [1.29, 1.82) is 0 Å². The summed E-state index contributed by atoms with van der Waals surface area (Å²) in [5, 5.41) is 12.0. The Kier molecular flexibility index (Phi) is 5.80. The second-order valence-electron chi connectivity index (χ2n) is 5.64. The fourth-order valence-electron chi connectivity index (χ4n) is 1.84. The average Bonchev–Trinajstić information content (AvgIpc) is 2.53. The number of amides is 1. The van der Waals surface area contributed by atoms with Crippen LogP contribution < -0.4 is 10.1 Å². The standard InChI is InChI=1S/C19H21NO3/c1-14(2)13-23-18-10-6-16(7-11-18)20-19(22)12-5-15-3-8-17(21)9-4-15/h3-12,14,21H,13H2,1-2H3,(H,20,22)/b12-5+. The largest absolute Gasteiger partial charge is 0.508 e. The molecule has 0 bridgehead atoms. The van der Waals surface area contributed by atoms with Crippen molar-refractivity contribution in [2.75, 3.05) is 11.9 Å². The predicted octanol–water partition coefficient (Wildman–Crippen LogP) is 4.08. The molecule has 0 saturated carbocycles. The molecule has 0 aliphatic carbocycles. The van der Waals surface area contributed by atoms with E-state index < -0.39 is 0 Å². The third-order valence-electron chi connectivity index (χ3n) is 3.03. The van der Waals surface area contributed by atoms with Crippen LogP contribution in [-0.4, -0.2) is 17.6 Å². The third kappa shape index (κ3) is 5.87. The second kappa shape index (κ2) is 8.03. The van der Waals surface area contributed by atoms with Crippen LogP contribution in [0.3, 0.4) is 0 Å². The van der Waals surface area contributed by atoms with Gasteiger partial charge >= 0.3 is 0 Å². The van der Waals surface area contributed by atoms with Crippen LogP contribution in [0.1, 0.15) is 19.4 Å². The van der Waals surface area contributed by atoms with Crippen molar-refractivity contribution in [3.63, 3.8) is 0 Å². The Morgan fingerprint density at radius 2 is 1.78 bits per heavy atom. The van der Waals surface area contributed by atoms with Crippen molar-refractivity contribution in [2.45, 2.75) is 13.8 Å². The molecule has 0 spiro atoms. The third-order valence-corrected chi connectivity index (χ3v) is 3.03. The van der Waals surface area contributed by atoms with E-state index in [1.807, 2.05) is 24.3 Å². The number of hydrogen-bond acceptors (Lipinski definition) is 3. The lowest BCUT2D eigenvalue weighted by Crippen LogP contribution is -2.08. The first-order chi connectivity index (χ1) is 11.0. The van der Waals surface area contributed by atoms with E-state index in [0.717, 1.165) is 11.3 Å². The lowest BCUT2D eigenvalue weighted by Gasteiger charge is -2.09. The molecule has 0 heterocycles. The quantitative estimate of drug-likeness (QED) is 0.790. The van der Waals surface area contributed by atoms with Crippen molar-refractivity contribution in [2.24, 2.45) is 5.92 Å². The van der Waals surface area contributed by atoms with Gasteiger partial charge in [-0.1, -0.05) is 26.0 Å². The van der Waals surface area contributed by atoms with Crippen molar-refractivity contribution >= 4 is 17.7 Å². The number of rotatable bonds is 6. The fraction of sp³-hybridized carbons (Fsp3) is 0.211. The van der Waals surface area contributed by atoms with Crippen molar-refractivity contribution < 1.29 is 14.6 Å². The van der Waals surface area contributed by atoms with Crippen LogP contribution in [0.25, 0.3) is 6.08 Å². The molecule has 0 aromatic heterocycles. The van der Waals surface area contributed by atoms with Gasteiger partial charge in [0.05, 0.1) is 6.61 Å². The molecule has 0 aliphatic rings. The molecule has 0 unspecified atom stereocenters. The van der Waals surface area contributed by atoms with Crippen molar-refractivity contribution in [3.05, 3.63) is 60.2 Å². The lowest BCUT2D eigenvalue weighted by molar-refractivity contribution is -0.111. The van der Waals surface area contributed by atoms with Gasteiger partial charge < -0.3 is 15.2 Å². The summed E-state index contributed by atoms with van der Waals surface area (Å²) in [7, 11) is 0. The highest BCUT2D eigenvalue weighted by Crippen LogP contribution is 2.16. The van der Waals surface area contributed by atoms with Gasteiger partial charge in [0, 0.05) is 11.8 Å². The van der Waals surface area contributed by atoms with Crippen molar-refractivity contribution in [3.8, 4) is 11.5 Å². The number of carbonyl (C=O) groups excluding carboxylic acids is 1. The van der Waals surface area contributed by atoms with E-state index in [0.29, 0.717) is 18.2 Å². The Morgan fingerprint density at radius 3 is 2.39 bits per heavy atom. The minimum Gasteiger partial charge on any atom is -0.508 e. The number of phenolic OH excluding ortho intramolecular Hbond substituents is 1. The molecule has 0 saturated heterocycles. The monoisotopic (exact) mass is 311 g/mol. The molecule has 0 fully saturated rings. The minimum absolute atomic E-state index is 0.200. The molecule has 2 N–H and O–H groups in total. The van der Waals surface area contributed by atoms with Crippen LogP contribution in [0, 0.1) is 5.92 Å². The first-order valence-corrected chi connectivity index (χ1v) is 7.54. The van der Waals surface area contributed by atoms with Crippen LogP contribution >= 0.6 is 0 Å². The molecule has 120 valence electrons. The van der Waals surface area contributed by atoms with Gasteiger partial charge in [-0.25, -0.2) is 0 Å². The van der Waals surface area contributed by atoms with E-state index in [1.54, 1.807) is 30.3 Å². The van der Waals surface area contributed by atoms with E-state index >= 15 is 0 Å². The summed E-state index contributed by atoms with van der Waals surface area (Å²) in [6.45, 7) is 4.85. The number of nitrogens with one attached hydrogen (secondary N) is 1. The molecular formula is C19H21NO3. The van der Waals surface area contributed by atoms with Gasteiger partial charge in [0.1, 0.15) is 11.5 Å². The Labute approximate surface area is 136 Å². The highest BCUT2D eigenvalue weighted by atomic mass is 16.5. The van der Waals surface area contributed by atoms with Gasteiger partial charge in [-0.2, -0.15) is 0 Å². The lowest BCUT2D eigenvalue weighted by atomic mass is 10.2. The molecule has 4 nitrogen and oxygen atoms in total. The average molecular weight is 311 g/mol. The zero-order chi connectivity index (χ0) is 16.7. The maximum atomic E-state index is 11.9. The second-order valence-corrected chi connectivity index (χ2v) is 5.64. The van der Waals surface area contributed by atoms with Gasteiger partial charge in [0.25, 0.3) is 0 Å². The molecule has 4 heteroatoms. The summed E-state index contributed by atoms with van der Waals surface area (Å²) in [6, 6.07) is 13.9. The fourth-order valence-corrected chi connectivity index (χ4v) is 1.84. The Morgan fingerprint density at radius 1 is 1.13 bits per heavy atom. The highest BCUT2D eigenvalue weighted by Gasteiger charge is 2.00. The van der Waals surface area contributed by atoms with E-state index in [1.165, 1.54) is 6.08 Å². The smallest absolute Gasteiger partial charge is 0.248 e. The van der Waals surface area contributed by atoms with E-state index in [4.69, 9.17) is 4.74 Å². The Balaban J connectivity index is 1.88. The predicted molar refractivity (Wildman–Crippen MR) is 92.5 cm³/mol. The zero-order valence-electron chi connectivity index (χ0n) is 13.3. The number of ether oxygens (including phenoxy) is 1. The topological polar surface area (TPSA) is 58.6 Å². The molecule has 0 atom stereocenters. The maximum absolute atomic E-state index is 11.9. The molecule has 2 rings (SSSR count). The normalized spacial score (nSPS) is 10.9. The molecule has 2 aromatic carbocycles. The van der Waals surface area contributed by atoms with Gasteiger partial charge in [-0.05, 0) is 54.0 Å². The van der Waals surface area contributed by atoms with Crippen LogP contribution in [0.5, 0.6) is 11.5 Å². The summed E-state index contributed by atoms with van der Waals surface area (Å²) >= 11 is 0. The molecule has 0 radical (unpaired) electrons. The highest BCUT2D eigenvalue weighted by molar-refractivity contribution is 6.01. The summed E-state index contributed by atoms with van der Waals surface area (Å²) in [4.78, 5) is 11.9. The van der Waals surface area contributed by atoms with Crippen LogP contribution in [0.2, 0.25) is 0 Å². The SMILES string of the molecule is CC(C)COc1ccc(NC(=O)/C=C/c2ccc(O)cc2)cc1. The first kappa shape index (κ1) is 16.6. The van der Waals surface area contributed by atoms with Crippen molar-refractivity contribution in [1.82, 2.24) is 0 Å². The van der Waals surface area contributed by atoms with Crippen LogP contribution in [-0.2, 0) is 4.79 Å². The Hall–Kier alpha value is -2.75. The van der Waals surface area contributed by atoms with Crippen LogP contribution in [0.4, 0.5) is 5.69 Å². The molecule has 2 aromatic rings. The van der Waals surface area contributed by atoms with Gasteiger partial charge in [-0.15, -0.1) is 0 Å². The van der Waals surface area contributed by atoms with Gasteiger partial charge in [-0.3, -0.25) is 4.79 Å². The maximum Gasteiger partial charge on any atom is 0.248 e. The van der Waals surface area contributed by atoms with E-state index in [9.17, 15) is 9.90 Å². The van der Waals surface area contributed by atoms with Gasteiger partial charge in [0.15, 0.2) is 0 Å². The summed E-state index contributed by atoms with van der Waals surface area (Å²) in [6.07, 6.45) is 3.14. The summed E-state index contributed by atoms with van der Waals surface area (Å²) < 4.78 is 5.60. The zero-order valence-corrected chi connectivity index (χ0v) is 13.3. The number of hydrogen-bond donors (Lipinski definition) is 2. The van der Waals surface area contributed by atoms with E-state index in [2.05, 4.69) is 19.2 Å². The van der Waals surface area contributed by atoms with Gasteiger partial charge in [0.2, 0.25) is 5.91 Å². The van der Waals surface area contributed by atoms with Crippen LogP contribution in [0.15, 0.2) is 54.6 Å². The number of benzene rings is 2. The summed E-state index contributed by atoms with van der Waals surface area (Å²) in [5.74, 6) is 1.25. The molecule has 0 aliphatic heterocycles. The molecule has 1 amide bonds. The summed E-state index contributed by atoms with van der Waals surface area (Å²) in [5.41, 5.74) is 1.55. The number of aromatic hydroxyl groups is 1. The minimum atomic E-state index is -0.214. The molecule has 23 heavy (non-hydrogen) atoms. The Bertz CT molecular complexity index is 658. The number of phenols is 1. The number of carbonyl (C=O) groups is 1. The number of anilines is 1. The first-order valence-electron chi connectivity index (χ1n) is 7.54. The van der Waals surface area contributed by atoms with E-state index in [-0.39, 0.29) is 11.7 Å².